The number of methoxy groups -OCH3 is 2. The summed E-state index contributed by atoms with van der Waals surface area (Å²) in [7, 11) is 3.08. The molecule has 2 rings (SSSR count). The second-order valence-electron chi connectivity index (χ2n) is 4.74. The third kappa shape index (κ3) is 4.33. The molecule has 24 heavy (non-hydrogen) atoms. The van der Waals surface area contributed by atoms with Crippen LogP contribution >= 0.6 is 0 Å². The largest absolute Gasteiger partial charge is 0.493 e. The number of carbonyl (C=O) groups excluding carboxylic acids is 1. The van der Waals surface area contributed by atoms with E-state index in [4.69, 9.17) is 9.47 Å². The molecule has 0 bridgehead atoms. The van der Waals surface area contributed by atoms with Crippen molar-refractivity contribution in [1.82, 2.24) is 0 Å². The number of nitrogens with zero attached hydrogens (tertiary/aromatic N) is 1. The van der Waals surface area contributed by atoms with E-state index in [1.807, 2.05) is 0 Å². The van der Waals surface area contributed by atoms with E-state index >= 15 is 0 Å². The van der Waals surface area contributed by atoms with Crippen LogP contribution in [-0.2, 0) is 4.79 Å². The van der Waals surface area contributed by atoms with Gasteiger partial charge in [-0.3, -0.25) is 14.9 Å². The molecule has 1 amide bonds. The molecule has 2 aromatic carbocycles. The first-order valence-electron chi connectivity index (χ1n) is 6.99. The fourth-order valence-corrected chi connectivity index (χ4v) is 1.98. The van der Waals surface area contributed by atoms with Crippen LogP contribution in [0.4, 0.5) is 11.4 Å². The second-order valence-corrected chi connectivity index (χ2v) is 4.74. The first kappa shape index (κ1) is 17.0. The van der Waals surface area contributed by atoms with E-state index in [1.165, 1.54) is 37.5 Å². The van der Waals surface area contributed by atoms with E-state index in [2.05, 4.69) is 5.32 Å². The van der Waals surface area contributed by atoms with Gasteiger partial charge in [-0.25, -0.2) is 0 Å². The fraction of sp³-hybridized carbons (Fsp3) is 0.118. The van der Waals surface area contributed by atoms with Crippen LogP contribution in [0.15, 0.2) is 48.5 Å². The monoisotopic (exact) mass is 328 g/mol. The Kier molecular flexibility index (Phi) is 5.51. The molecule has 7 heteroatoms. The Morgan fingerprint density at radius 2 is 1.75 bits per heavy atom. The molecule has 0 unspecified atom stereocenters. The number of nitro groups is 1. The van der Waals surface area contributed by atoms with E-state index < -0.39 is 4.92 Å². The van der Waals surface area contributed by atoms with E-state index in [-0.39, 0.29) is 11.6 Å². The number of nitrogens with one attached hydrogen (secondary N) is 1. The number of nitro benzene ring substituents is 1. The molecule has 0 saturated heterocycles. The number of non-ortho nitro benzene ring substituents is 1. The maximum atomic E-state index is 11.9. The summed E-state index contributed by atoms with van der Waals surface area (Å²) in [5.41, 5.74) is 1.21. The van der Waals surface area contributed by atoms with Crippen molar-refractivity contribution in [1.29, 1.82) is 0 Å². The Balaban J connectivity index is 2.03. The molecule has 2 aromatic rings. The number of ether oxygens (including phenoxy) is 2. The minimum Gasteiger partial charge on any atom is -0.493 e. The Hall–Kier alpha value is -3.35. The summed E-state index contributed by atoms with van der Waals surface area (Å²) >= 11 is 0. The molecule has 7 nitrogen and oxygen atoms in total. The van der Waals surface area contributed by atoms with Crippen molar-refractivity contribution in [3.05, 3.63) is 64.2 Å². The lowest BCUT2D eigenvalue weighted by molar-refractivity contribution is -0.384. The summed E-state index contributed by atoms with van der Waals surface area (Å²) in [6, 6.07) is 10.9. The van der Waals surface area contributed by atoms with Gasteiger partial charge in [0.1, 0.15) is 0 Å². The SMILES string of the molecule is COc1ccc(C=CC(=O)Nc2ccc([N+](=O)[O-])cc2)cc1OC. The summed E-state index contributed by atoms with van der Waals surface area (Å²) in [5.74, 6) is 0.819. The Bertz CT molecular complexity index is 769. The van der Waals surface area contributed by atoms with Gasteiger partial charge in [0.2, 0.25) is 5.91 Å². The van der Waals surface area contributed by atoms with E-state index in [9.17, 15) is 14.9 Å². The average molecular weight is 328 g/mol. The van der Waals surface area contributed by atoms with Gasteiger partial charge in [0.25, 0.3) is 5.69 Å². The molecule has 0 fully saturated rings. The number of hydrogen-bond donors (Lipinski definition) is 1. The molecule has 0 aromatic heterocycles. The number of benzene rings is 2. The molecule has 0 atom stereocenters. The molecular weight excluding hydrogens is 312 g/mol. The van der Waals surface area contributed by atoms with Gasteiger partial charge in [-0.15, -0.1) is 0 Å². The lowest BCUT2D eigenvalue weighted by atomic mass is 10.2. The average Bonchev–Trinajstić information content (AvgIpc) is 2.60. The van der Waals surface area contributed by atoms with Gasteiger partial charge in [-0.05, 0) is 35.9 Å². The van der Waals surface area contributed by atoms with Crippen LogP contribution in [-0.4, -0.2) is 25.1 Å². The van der Waals surface area contributed by atoms with Crippen molar-refractivity contribution in [2.24, 2.45) is 0 Å². The molecule has 0 saturated carbocycles. The summed E-state index contributed by atoms with van der Waals surface area (Å²) in [6.07, 6.45) is 2.99. The third-order valence-corrected chi connectivity index (χ3v) is 3.18. The molecule has 0 radical (unpaired) electrons. The van der Waals surface area contributed by atoms with Crippen molar-refractivity contribution in [3.63, 3.8) is 0 Å². The van der Waals surface area contributed by atoms with E-state index in [0.717, 1.165) is 5.56 Å². The standard InChI is InChI=1S/C17H16N2O5/c1-23-15-9-3-12(11-16(15)24-2)4-10-17(20)18-13-5-7-14(8-6-13)19(21)22/h3-11H,1-2H3,(H,18,20). The molecule has 0 aliphatic heterocycles. The van der Waals surface area contributed by atoms with Gasteiger partial charge in [0.05, 0.1) is 19.1 Å². The Morgan fingerprint density at radius 3 is 2.33 bits per heavy atom. The van der Waals surface area contributed by atoms with E-state index in [0.29, 0.717) is 17.2 Å². The number of hydrogen-bond acceptors (Lipinski definition) is 5. The van der Waals surface area contributed by atoms with Crippen LogP contribution in [0.5, 0.6) is 11.5 Å². The smallest absolute Gasteiger partial charge is 0.269 e. The number of amides is 1. The van der Waals surface area contributed by atoms with Crippen LogP contribution in [0.2, 0.25) is 0 Å². The lowest BCUT2D eigenvalue weighted by Crippen LogP contribution is -2.07. The second kappa shape index (κ2) is 7.77. The zero-order valence-corrected chi connectivity index (χ0v) is 13.2. The zero-order chi connectivity index (χ0) is 17.5. The summed E-state index contributed by atoms with van der Waals surface area (Å²) in [4.78, 5) is 22.0. The highest BCUT2D eigenvalue weighted by Gasteiger charge is 2.06. The van der Waals surface area contributed by atoms with Gasteiger partial charge in [-0.2, -0.15) is 0 Å². The van der Waals surface area contributed by atoms with E-state index in [1.54, 1.807) is 31.4 Å². The summed E-state index contributed by atoms with van der Waals surface area (Å²) in [6.45, 7) is 0. The highest BCUT2D eigenvalue weighted by atomic mass is 16.6. The molecule has 1 N–H and O–H groups in total. The highest BCUT2D eigenvalue weighted by Crippen LogP contribution is 2.28. The predicted molar refractivity (Wildman–Crippen MR) is 90.3 cm³/mol. The van der Waals surface area contributed by atoms with Gasteiger partial charge in [0.15, 0.2) is 11.5 Å². The predicted octanol–water partition coefficient (Wildman–Crippen LogP) is 3.26. The van der Waals surface area contributed by atoms with Gasteiger partial charge < -0.3 is 14.8 Å². The zero-order valence-electron chi connectivity index (χ0n) is 13.2. The van der Waals surface area contributed by atoms with Crippen LogP contribution in [0.3, 0.4) is 0 Å². The van der Waals surface area contributed by atoms with Crippen molar-refractivity contribution in [3.8, 4) is 11.5 Å². The Labute approximate surface area is 138 Å². The van der Waals surface area contributed by atoms with Gasteiger partial charge >= 0.3 is 0 Å². The summed E-state index contributed by atoms with van der Waals surface area (Å²) < 4.78 is 10.3. The van der Waals surface area contributed by atoms with Crippen molar-refractivity contribution >= 4 is 23.4 Å². The fourth-order valence-electron chi connectivity index (χ4n) is 1.98. The van der Waals surface area contributed by atoms with Crippen molar-refractivity contribution < 1.29 is 19.2 Å². The molecule has 124 valence electrons. The Morgan fingerprint density at radius 1 is 1.08 bits per heavy atom. The van der Waals surface area contributed by atoms with Crippen molar-refractivity contribution in [2.75, 3.05) is 19.5 Å². The van der Waals surface area contributed by atoms with Crippen LogP contribution < -0.4 is 14.8 Å². The maximum absolute atomic E-state index is 11.9. The first-order chi connectivity index (χ1) is 11.5. The third-order valence-electron chi connectivity index (χ3n) is 3.18. The molecule has 0 heterocycles. The van der Waals surface area contributed by atoms with Gasteiger partial charge in [-0.1, -0.05) is 6.07 Å². The minimum absolute atomic E-state index is 0.0335. The molecule has 0 aliphatic rings. The maximum Gasteiger partial charge on any atom is 0.269 e. The number of anilines is 1. The highest BCUT2D eigenvalue weighted by molar-refractivity contribution is 6.02. The lowest BCUT2D eigenvalue weighted by Gasteiger charge is -2.07. The van der Waals surface area contributed by atoms with Crippen LogP contribution in [0, 0.1) is 10.1 Å². The topological polar surface area (TPSA) is 90.7 Å². The van der Waals surface area contributed by atoms with Gasteiger partial charge in [0, 0.05) is 23.9 Å². The van der Waals surface area contributed by atoms with Crippen LogP contribution in [0.1, 0.15) is 5.56 Å². The molecule has 0 aliphatic carbocycles. The first-order valence-corrected chi connectivity index (χ1v) is 6.99. The quantitative estimate of drug-likeness (QED) is 0.499. The van der Waals surface area contributed by atoms with Crippen LogP contribution in [0.25, 0.3) is 6.08 Å². The minimum atomic E-state index is -0.497. The molecular formula is C17H16N2O5. The number of carbonyl (C=O) groups is 1. The summed E-state index contributed by atoms with van der Waals surface area (Å²) in [5, 5.41) is 13.2. The van der Waals surface area contributed by atoms with Crippen molar-refractivity contribution in [2.45, 2.75) is 0 Å². The molecule has 0 spiro atoms. The normalized spacial score (nSPS) is 10.4. The number of rotatable bonds is 6.